The first-order valence-corrected chi connectivity index (χ1v) is 10.4. The highest BCUT2D eigenvalue weighted by Gasteiger charge is 2.30. The minimum absolute atomic E-state index is 0.104. The van der Waals surface area contributed by atoms with Gasteiger partial charge in [0.15, 0.2) is 5.82 Å². The Balaban J connectivity index is 1.31. The highest BCUT2D eigenvalue weighted by molar-refractivity contribution is 5.79. The second-order valence-corrected chi connectivity index (χ2v) is 8.01. The van der Waals surface area contributed by atoms with Crippen LogP contribution in [0.3, 0.4) is 0 Å². The smallest absolute Gasteiger partial charge is 0.390 e. The van der Waals surface area contributed by atoms with Crippen LogP contribution in [0.1, 0.15) is 25.7 Å². The molecule has 0 aliphatic carbocycles. The molecule has 0 radical (unpaired) electrons. The van der Waals surface area contributed by atoms with Crippen LogP contribution in [0.4, 0.5) is 0 Å². The van der Waals surface area contributed by atoms with Gasteiger partial charge in [-0.15, -0.1) is 0 Å². The van der Waals surface area contributed by atoms with E-state index < -0.39 is 11.9 Å². The summed E-state index contributed by atoms with van der Waals surface area (Å²) in [5.74, 6) is 0.250. The number of hydrogen-bond donors (Lipinski definition) is 1. The quantitative estimate of drug-likeness (QED) is 0.783. The van der Waals surface area contributed by atoms with Crippen molar-refractivity contribution < 1.29 is 14.4 Å². The molecule has 8 nitrogen and oxygen atoms in total. The lowest BCUT2D eigenvalue weighted by molar-refractivity contribution is -0.136. The van der Waals surface area contributed by atoms with E-state index in [4.69, 9.17) is 4.52 Å². The van der Waals surface area contributed by atoms with Crippen molar-refractivity contribution in [1.82, 2.24) is 19.5 Å². The van der Waals surface area contributed by atoms with Crippen LogP contribution in [0.25, 0.3) is 11.4 Å². The molecule has 4 rings (SSSR count). The molecule has 0 spiro atoms. The van der Waals surface area contributed by atoms with Gasteiger partial charge in [-0.2, -0.15) is 0 Å². The second kappa shape index (κ2) is 8.92. The average Bonchev–Trinajstić information content (AvgIpc) is 3.40. The molecule has 2 aliphatic heterocycles. The third kappa shape index (κ3) is 4.59. The van der Waals surface area contributed by atoms with Crippen molar-refractivity contribution in [2.75, 3.05) is 32.7 Å². The SMILES string of the molecule is O=C(C1CCN(CC(O)Cn2c(-c3ccccc3)noc2=O)CC1)N1CCCC1. The van der Waals surface area contributed by atoms with E-state index in [1.807, 2.05) is 35.2 Å². The summed E-state index contributed by atoms with van der Waals surface area (Å²) in [6, 6.07) is 9.31. The van der Waals surface area contributed by atoms with Crippen LogP contribution in [-0.2, 0) is 11.3 Å². The molecule has 2 fully saturated rings. The van der Waals surface area contributed by atoms with Gasteiger partial charge in [0.05, 0.1) is 12.6 Å². The lowest BCUT2D eigenvalue weighted by Crippen LogP contribution is -2.44. The van der Waals surface area contributed by atoms with E-state index in [1.54, 1.807) is 0 Å². The molecule has 156 valence electrons. The van der Waals surface area contributed by atoms with Crippen LogP contribution in [0.5, 0.6) is 0 Å². The molecule has 1 amide bonds. The molecular weight excluding hydrogens is 372 g/mol. The molecule has 29 heavy (non-hydrogen) atoms. The van der Waals surface area contributed by atoms with E-state index in [1.165, 1.54) is 4.57 Å². The van der Waals surface area contributed by atoms with E-state index in [9.17, 15) is 14.7 Å². The van der Waals surface area contributed by atoms with Crippen LogP contribution in [0.15, 0.2) is 39.6 Å². The van der Waals surface area contributed by atoms with E-state index in [0.717, 1.165) is 57.4 Å². The summed E-state index contributed by atoms with van der Waals surface area (Å²) >= 11 is 0. The fourth-order valence-electron chi connectivity index (χ4n) is 4.35. The zero-order valence-corrected chi connectivity index (χ0v) is 16.6. The number of aliphatic hydroxyl groups excluding tert-OH is 1. The summed E-state index contributed by atoms with van der Waals surface area (Å²) in [5, 5.41) is 14.4. The summed E-state index contributed by atoms with van der Waals surface area (Å²) in [7, 11) is 0. The Morgan fingerprint density at radius 3 is 2.48 bits per heavy atom. The number of nitrogens with zero attached hydrogens (tertiary/aromatic N) is 4. The van der Waals surface area contributed by atoms with Gasteiger partial charge in [0.2, 0.25) is 5.91 Å². The van der Waals surface area contributed by atoms with Crippen molar-refractivity contribution in [3.63, 3.8) is 0 Å². The largest absolute Gasteiger partial charge is 0.441 e. The topological polar surface area (TPSA) is 91.8 Å². The summed E-state index contributed by atoms with van der Waals surface area (Å²) in [6.07, 6.45) is 3.16. The van der Waals surface area contributed by atoms with Gasteiger partial charge in [0.1, 0.15) is 0 Å². The lowest BCUT2D eigenvalue weighted by atomic mass is 9.95. The molecule has 3 heterocycles. The molecule has 0 bridgehead atoms. The van der Waals surface area contributed by atoms with Crippen molar-refractivity contribution in [1.29, 1.82) is 0 Å². The van der Waals surface area contributed by atoms with Crippen LogP contribution < -0.4 is 5.76 Å². The lowest BCUT2D eigenvalue weighted by Gasteiger charge is -2.34. The first-order chi connectivity index (χ1) is 14.1. The number of carbonyl (C=O) groups is 1. The zero-order chi connectivity index (χ0) is 20.2. The van der Waals surface area contributed by atoms with Crippen LogP contribution in [0, 0.1) is 5.92 Å². The standard InChI is InChI=1S/C21H28N4O4/c26-18(15-25-19(22-29-21(25)28)16-6-2-1-3-7-16)14-23-12-8-17(9-13-23)20(27)24-10-4-5-11-24/h1-3,6-7,17-18,26H,4-5,8-15H2. The molecule has 2 saturated heterocycles. The second-order valence-electron chi connectivity index (χ2n) is 8.01. The summed E-state index contributed by atoms with van der Waals surface area (Å²) < 4.78 is 6.20. The molecule has 2 aromatic rings. The number of aromatic nitrogens is 2. The number of rotatable bonds is 6. The van der Waals surface area contributed by atoms with Gasteiger partial charge in [-0.3, -0.25) is 13.9 Å². The Morgan fingerprint density at radius 2 is 1.79 bits per heavy atom. The minimum Gasteiger partial charge on any atom is -0.390 e. The van der Waals surface area contributed by atoms with Crippen molar-refractivity contribution in [2.24, 2.45) is 5.92 Å². The molecule has 2 aliphatic rings. The predicted molar refractivity (Wildman–Crippen MR) is 107 cm³/mol. The van der Waals surface area contributed by atoms with Crippen LogP contribution in [-0.4, -0.2) is 69.4 Å². The van der Waals surface area contributed by atoms with Crippen molar-refractivity contribution in [3.8, 4) is 11.4 Å². The highest BCUT2D eigenvalue weighted by Crippen LogP contribution is 2.22. The van der Waals surface area contributed by atoms with Crippen LogP contribution in [0.2, 0.25) is 0 Å². The fourth-order valence-corrected chi connectivity index (χ4v) is 4.35. The Hall–Kier alpha value is -2.45. The van der Waals surface area contributed by atoms with E-state index in [2.05, 4.69) is 10.1 Å². The molecule has 1 atom stereocenters. The predicted octanol–water partition coefficient (Wildman–Crippen LogP) is 1.20. The number of aliphatic hydroxyl groups is 1. The van der Waals surface area contributed by atoms with E-state index >= 15 is 0 Å². The number of likely N-dealkylation sites (tertiary alicyclic amines) is 2. The van der Waals surface area contributed by atoms with Gasteiger partial charge in [0.25, 0.3) is 0 Å². The van der Waals surface area contributed by atoms with Gasteiger partial charge in [-0.1, -0.05) is 35.5 Å². The molecule has 0 saturated carbocycles. The summed E-state index contributed by atoms with van der Waals surface area (Å²) in [5.41, 5.74) is 0.770. The Bertz CT molecular complexity index is 864. The molecular formula is C21H28N4O4. The first-order valence-electron chi connectivity index (χ1n) is 10.4. The van der Waals surface area contributed by atoms with Gasteiger partial charge >= 0.3 is 5.76 Å². The Morgan fingerprint density at radius 1 is 1.10 bits per heavy atom. The van der Waals surface area contributed by atoms with E-state index in [0.29, 0.717) is 18.3 Å². The fraction of sp³-hybridized carbons (Fsp3) is 0.571. The normalized spacial score (nSPS) is 19.6. The third-order valence-electron chi connectivity index (χ3n) is 5.94. The third-order valence-corrected chi connectivity index (χ3v) is 5.94. The van der Waals surface area contributed by atoms with Gasteiger partial charge in [0, 0.05) is 31.1 Å². The summed E-state index contributed by atoms with van der Waals surface area (Å²) in [4.78, 5) is 28.8. The molecule has 1 unspecified atom stereocenters. The van der Waals surface area contributed by atoms with Gasteiger partial charge in [-0.05, 0) is 38.8 Å². The molecule has 1 aromatic heterocycles. The number of β-amino-alcohol motifs (C(OH)–C–C–N with tert-alkyl or cyclic N) is 1. The number of carbonyl (C=O) groups excluding carboxylic acids is 1. The highest BCUT2D eigenvalue weighted by atomic mass is 16.5. The molecule has 1 N–H and O–H groups in total. The van der Waals surface area contributed by atoms with Gasteiger partial charge < -0.3 is 14.9 Å². The first kappa shape index (κ1) is 19.8. The maximum Gasteiger partial charge on any atom is 0.441 e. The monoisotopic (exact) mass is 400 g/mol. The molecule has 8 heteroatoms. The number of benzene rings is 1. The number of hydrogen-bond acceptors (Lipinski definition) is 6. The average molecular weight is 400 g/mol. The maximum atomic E-state index is 12.6. The maximum absolute atomic E-state index is 12.6. The van der Waals surface area contributed by atoms with Crippen molar-refractivity contribution in [3.05, 3.63) is 40.9 Å². The zero-order valence-electron chi connectivity index (χ0n) is 16.6. The Labute approximate surface area is 169 Å². The van der Waals surface area contributed by atoms with Gasteiger partial charge in [-0.25, -0.2) is 4.79 Å². The minimum atomic E-state index is -0.722. The molecule has 1 aromatic carbocycles. The van der Waals surface area contributed by atoms with Crippen LogP contribution >= 0.6 is 0 Å². The summed E-state index contributed by atoms with van der Waals surface area (Å²) in [6.45, 7) is 3.94. The Kier molecular flexibility index (Phi) is 6.10. The van der Waals surface area contributed by atoms with E-state index in [-0.39, 0.29) is 12.5 Å². The number of piperidine rings is 1. The van der Waals surface area contributed by atoms with Crippen molar-refractivity contribution >= 4 is 5.91 Å². The van der Waals surface area contributed by atoms with Crippen molar-refractivity contribution in [2.45, 2.75) is 38.3 Å². The number of amides is 1.